The van der Waals surface area contributed by atoms with Gasteiger partial charge in [0.1, 0.15) is 0 Å². The molecule has 0 aromatic rings. The van der Waals surface area contributed by atoms with Crippen LogP contribution < -0.4 is 5.32 Å². The van der Waals surface area contributed by atoms with Crippen molar-refractivity contribution in [1.29, 1.82) is 0 Å². The lowest BCUT2D eigenvalue weighted by molar-refractivity contribution is 0.0116. The molecule has 0 bridgehead atoms. The summed E-state index contributed by atoms with van der Waals surface area (Å²) in [5, 5.41) is 3.26. The van der Waals surface area contributed by atoms with Crippen LogP contribution in [0.15, 0.2) is 0 Å². The molecule has 19 heavy (non-hydrogen) atoms. The standard InChI is InChI=1S/C15H33NO3/c1-5-6-8-17-10-12-19-13-11-18-9-7-14(2)15(3)16-4/h14-16H,5-13H2,1-4H3. The van der Waals surface area contributed by atoms with Crippen molar-refractivity contribution in [3.8, 4) is 0 Å². The van der Waals surface area contributed by atoms with Crippen molar-refractivity contribution in [2.45, 2.75) is 46.1 Å². The van der Waals surface area contributed by atoms with E-state index in [4.69, 9.17) is 14.2 Å². The van der Waals surface area contributed by atoms with E-state index in [1.165, 1.54) is 6.42 Å². The van der Waals surface area contributed by atoms with Gasteiger partial charge in [0.2, 0.25) is 0 Å². The van der Waals surface area contributed by atoms with Gasteiger partial charge in [0.05, 0.1) is 26.4 Å². The van der Waals surface area contributed by atoms with Gasteiger partial charge in [0.15, 0.2) is 0 Å². The highest BCUT2D eigenvalue weighted by Crippen LogP contribution is 2.07. The van der Waals surface area contributed by atoms with Crippen LogP contribution in [0.5, 0.6) is 0 Å². The van der Waals surface area contributed by atoms with Crippen LogP contribution >= 0.6 is 0 Å². The van der Waals surface area contributed by atoms with E-state index in [0.717, 1.165) is 26.1 Å². The molecule has 0 aliphatic carbocycles. The number of hydrogen-bond acceptors (Lipinski definition) is 4. The van der Waals surface area contributed by atoms with Crippen molar-refractivity contribution in [3.63, 3.8) is 0 Å². The van der Waals surface area contributed by atoms with Crippen molar-refractivity contribution in [2.75, 3.05) is 46.7 Å². The summed E-state index contributed by atoms with van der Waals surface area (Å²) >= 11 is 0. The fourth-order valence-electron chi connectivity index (χ4n) is 1.59. The summed E-state index contributed by atoms with van der Waals surface area (Å²) in [6.45, 7) is 11.0. The third-order valence-electron chi connectivity index (χ3n) is 3.41. The van der Waals surface area contributed by atoms with Gasteiger partial charge in [-0.2, -0.15) is 0 Å². The van der Waals surface area contributed by atoms with E-state index in [1.54, 1.807) is 0 Å². The van der Waals surface area contributed by atoms with Gasteiger partial charge in [-0.05, 0) is 32.7 Å². The zero-order valence-corrected chi connectivity index (χ0v) is 13.2. The summed E-state index contributed by atoms with van der Waals surface area (Å²) in [5.74, 6) is 0.637. The largest absolute Gasteiger partial charge is 0.379 e. The Morgan fingerprint density at radius 2 is 1.37 bits per heavy atom. The highest BCUT2D eigenvalue weighted by molar-refractivity contribution is 4.65. The molecular formula is C15H33NO3. The third-order valence-corrected chi connectivity index (χ3v) is 3.41. The number of rotatable bonds is 14. The van der Waals surface area contributed by atoms with E-state index in [1.807, 2.05) is 7.05 Å². The summed E-state index contributed by atoms with van der Waals surface area (Å²) in [7, 11) is 2.00. The minimum Gasteiger partial charge on any atom is -0.379 e. The third kappa shape index (κ3) is 12.6. The quantitative estimate of drug-likeness (QED) is 0.494. The molecule has 1 N–H and O–H groups in total. The Kier molecular flexibility index (Phi) is 14.1. The molecule has 0 rings (SSSR count). The molecule has 0 heterocycles. The summed E-state index contributed by atoms with van der Waals surface area (Å²) in [6, 6.07) is 0.542. The van der Waals surface area contributed by atoms with Crippen molar-refractivity contribution in [3.05, 3.63) is 0 Å². The maximum atomic E-state index is 5.55. The average Bonchev–Trinajstić information content (AvgIpc) is 2.43. The Labute approximate surface area is 119 Å². The smallest absolute Gasteiger partial charge is 0.0701 e. The van der Waals surface area contributed by atoms with Gasteiger partial charge >= 0.3 is 0 Å². The molecule has 0 fully saturated rings. The second-order valence-electron chi connectivity index (χ2n) is 5.03. The molecule has 0 saturated heterocycles. The maximum absolute atomic E-state index is 5.55. The van der Waals surface area contributed by atoms with Gasteiger partial charge in [-0.15, -0.1) is 0 Å². The lowest BCUT2D eigenvalue weighted by Gasteiger charge is -2.18. The normalized spacial score (nSPS) is 14.5. The summed E-state index contributed by atoms with van der Waals surface area (Å²) in [4.78, 5) is 0. The fourth-order valence-corrected chi connectivity index (χ4v) is 1.59. The second-order valence-corrected chi connectivity index (χ2v) is 5.03. The molecule has 4 nitrogen and oxygen atoms in total. The Morgan fingerprint density at radius 3 is 1.89 bits per heavy atom. The van der Waals surface area contributed by atoms with Crippen molar-refractivity contribution < 1.29 is 14.2 Å². The van der Waals surface area contributed by atoms with Crippen LogP contribution in [0.4, 0.5) is 0 Å². The predicted octanol–water partition coefficient (Wildman–Crippen LogP) is 2.47. The Balaban J connectivity index is 3.10. The molecule has 0 aliphatic rings. The molecule has 116 valence electrons. The topological polar surface area (TPSA) is 39.7 Å². The van der Waals surface area contributed by atoms with Crippen LogP contribution in [0.2, 0.25) is 0 Å². The molecule has 0 radical (unpaired) electrons. The maximum Gasteiger partial charge on any atom is 0.0701 e. The number of hydrogen-bond donors (Lipinski definition) is 1. The predicted molar refractivity (Wildman–Crippen MR) is 79.7 cm³/mol. The van der Waals surface area contributed by atoms with E-state index in [2.05, 4.69) is 26.1 Å². The van der Waals surface area contributed by atoms with Crippen molar-refractivity contribution in [2.24, 2.45) is 5.92 Å². The molecular weight excluding hydrogens is 242 g/mol. The Morgan fingerprint density at radius 1 is 0.842 bits per heavy atom. The number of nitrogens with one attached hydrogen (secondary N) is 1. The van der Waals surface area contributed by atoms with E-state index in [9.17, 15) is 0 Å². The molecule has 0 spiro atoms. The van der Waals surface area contributed by atoms with E-state index >= 15 is 0 Å². The van der Waals surface area contributed by atoms with Crippen LogP contribution in [0.3, 0.4) is 0 Å². The average molecular weight is 275 g/mol. The first kappa shape index (κ1) is 18.8. The second kappa shape index (κ2) is 14.3. The highest BCUT2D eigenvalue weighted by atomic mass is 16.5. The fraction of sp³-hybridized carbons (Fsp3) is 1.00. The first-order valence-corrected chi connectivity index (χ1v) is 7.62. The van der Waals surface area contributed by atoms with Crippen LogP contribution in [0, 0.1) is 5.92 Å². The zero-order chi connectivity index (χ0) is 14.3. The van der Waals surface area contributed by atoms with Gasteiger partial charge in [0, 0.05) is 19.3 Å². The van der Waals surface area contributed by atoms with E-state index in [0.29, 0.717) is 38.4 Å². The first-order valence-electron chi connectivity index (χ1n) is 7.62. The van der Waals surface area contributed by atoms with Gasteiger partial charge in [-0.3, -0.25) is 0 Å². The first-order chi connectivity index (χ1) is 9.22. The van der Waals surface area contributed by atoms with Crippen LogP contribution in [-0.4, -0.2) is 52.7 Å². The lowest BCUT2D eigenvalue weighted by atomic mass is 10.0. The number of unbranched alkanes of at least 4 members (excludes halogenated alkanes) is 1. The minimum absolute atomic E-state index is 0.542. The molecule has 0 aromatic carbocycles. The summed E-state index contributed by atoms with van der Waals surface area (Å²) in [6.07, 6.45) is 3.40. The van der Waals surface area contributed by atoms with Crippen molar-refractivity contribution in [1.82, 2.24) is 5.32 Å². The zero-order valence-electron chi connectivity index (χ0n) is 13.2. The van der Waals surface area contributed by atoms with Crippen LogP contribution in [-0.2, 0) is 14.2 Å². The lowest BCUT2D eigenvalue weighted by Crippen LogP contribution is -2.29. The van der Waals surface area contributed by atoms with Crippen LogP contribution in [0.25, 0.3) is 0 Å². The summed E-state index contributed by atoms with van der Waals surface area (Å²) < 4.78 is 16.4. The number of ether oxygens (including phenoxy) is 3. The molecule has 0 amide bonds. The molecule has 0 aliphatic heterocycles. The molecule has 2 unspecified atom stereocenters. The SMILES string of the molecule is CCCCOCCOCCOCCC(C)C(C)NC. The molecule has 4 heteroatoms. The van der Waals surface area contributed by atoms with Gasteiger partial charge < -0.3 is 19.5 Å². The van der Waals surface area contributed by atoms with Gasteiger partial charge in [-0.1, -0.05) is 20.3 Å². The monoisotopic (exact) mass is 275 g/mol. The van der Waals surface area contributed by atoms with Crippen LogP contribution in [0.1, 0.15) is 40.0 Å². The molecule has 2 atom stereocenters. The summed E-state index contributed by atoms with van der Waals surface area (Å²) in [5.41, 5.74) is 0. The molecule has 0 saturated carbocycles. The molecule has 0 aromatic heterocycles. The minimum atomic E-state index is 0.542. The highest BCUT2D eigenvalue weighted by Gasteiger charge is 2.08. The van der Waals surface area contributed by atoms with E-state index in [-0.39, 0.29) is 0 Å². The van der Waals surface area contributed by atoms with Crippen molar-refractivity contribution >= 4 is 0 Å². The van der Waals surface area contributed by atoms with Gasteiger partial charge in [0.25, 0.3) is 0 Å². The van der Waals surface area contributed by atoms with Gasteiger partial charge in [-0.25, -0.2) is 0 Å². The Hall–Kier alpha value is -0.160. The Bertz CT molecular complexity index is 179. The van der Waals surface area contributed by atoms with E-state index < -0.39 is 0 Å².